The van der Waals surface area contributed by atoms with Gasteiger partial charge in [0.05, 0.1) is 11.8 Å². The summed E-state index contributed by atoms with van der Waals surface area (Å²) < 4.78 is 0. The van der Waals surface area contributed by atoms with Crippen molar-refractivity contribution in [1.29, 1.82) is 5.41 Å². The van der Waals surface area contributed by atoms with E-state index in [1.54, 1.807) is 30.7 Å². The van der Waals surface area contributed by atoms with Crippen LogP contribution < -0.4 is 15.5 Å². The second-order valence-electron chi connectivity index (χ2n) is 4.71. The molecule has 3 heterocycles. The first kappa shape index (κ1) is 13.2. The molecular formula is C13H16N8. The fraction of sp³-hybridized carbons (Fsp3) is 0.308. The average molecular weight is 284 g/mol. The molecule has 0 aliphatic carbocycles. The maximum atomic E-state index is 7.62. The molecule has 0 bridgehead atoms. The molecular weight excluding hydrogens is 268 g/mol. The van der Waals surface area contributed by atoms with E-state index in [0.29, 0.717) is 11.4 Å². The van der Waals surface area contributed by atoms with E-state index in [2.05, 4.69) is 30.0 Å². The Morgan fingerprint density at radius 1 is 1.05 bits per heavy atom. The third-order valence-electron chi connectivity index (χ3n) is 3.41. The molecule has 0 amide bonds. The highest BCUT2D eigenvalue weighted by atomic mass is 15.3. The Hall–Kier alpha value is -2.77. The molecule has 0 aromatic carbocycles. The van der Waals surface area contributed by atoms with Gasteiger partial charge in [0.15, 0.2) is 5.82 Å². The zero-order valence-corrected chi connectivity index (χ0v) is 11.5. The molecule has 108 valence electrons. The molecule has 3 rings (SSSR count). The van der Waals surface area contributed by atoms with E-state index in [-0.39, 0.29) is 5.84 Å². The van der Waals surface area contributed by atoms with Crippen molar-refractivity contribution in [2.45, 2.75) is 0 Å². The molecule has 2 aromatic heterocycles. The maximum Gasteiger partial charge on any atom is 0.225 e. The lowest BCUT2D eigenvalue weighted by Crippen LogP contribution is -2.48. The lowest BCUT2D eigenvalue weighted by molar-refractivity contribution is 0.631. The summed E-state index contributed by atoms with van der Waals surface area (Å²) in [7, 11) is 0. The lowest BCUT2D eigenvalue weighted by atomic mass is 10.2. The number of nitrogens with one attached hydrogen (secondary N) is 1. The minimum Gasteiger partial charge on any atom is -0.384 e. The van der Waals surface area contributed by atoms with Crippen molar-refractivity contribution in [1.82, 2.24) is 20.2 Å². The van der Waals surface area contributed by atoms with Gasteiger partial charge in [-0.1, -0.05) is 0 Å². The van der Waals surface area contributed by atoms with E-state index < -0.39 is 0 Å². The Labute approximate surface area is 122 Å². The number of hydrogen-bond acceptors (Lipinski definition) is 7. The van der Waals surface area contributed by atoms with Gasteiger partial charge in [-0.2, -0.15) is 5.10 Å². The highest BCUT2D eigenvalue weighted by Crippen LogP contribution is 2.19. The molecule has 21 heavy (non-hydrogen) atoms. The van der Waals surface area contributed by atoms with Crippen LogP contribution in [-0.4, -0.2) is 52.2 Å². The molecule has 1 fully saturated rings. The quantitative estimate of drug-likeness (QED) is 0.597. The topological polar surface area (TPSA) is 108 Å². The van der Waals surface area contributed by atoms with Gasteiger partial charge in [0.1, 0.15) is 5.84 Å². The van der Waals surface area contributed by atoms with Crippen molar-refractivity contribution < 1.29 is 0 Å². The Morgan fingerprint density at radius 2 is 1.71 bits per heavy atom. The molecule has 1 aliphatic rings. The second kappa shape index (κ2) is 5.70. The Morgan fingerprint density at radius 3 is 2.38 bits per heavy atom. The first-order chi connectivity index (χ1) is 10.3. The van der Waals surface area contributed by atoms with Gasteiger partial charge in [-0.15, -0.1) is 5.10 Å². The van der Waals surface area contributed by atoms with Crippen LogP contribution >= 0.6 is 0 Å². The molecule has 0 radical (unpaired) electrons. The highest BCUT2D eigenvalue weighted by Gasteiger charge is 2.22. The van der Waals surface area contributed by atoms with E-state index in [0.717, 1.165) is 32.1 Å². The van der Waals surface area contributed by atoms with Crippen LogP contribution in [-0.2, 0) is 0 Å². The van der Waals surface area contributed by atoms with E-state index in [4.69, 9.17) is 11.1 Å². The zero-order valence-electron chi connectivity index (χ0n) is 11.5. The maximum absolute atomic E-state index is 7.62. The third kappa shape index (κ3) is 2.73. The van der Waals surface area contributed by atoms with Crippen molar-refractivity contribution in [3.05, 3.63) is 36.3 Å². The first-order valence-electron chi connectivity index (χ1n) is 6.68. The average Bonchev–Trinajstić information content (AvgIpc) is 2.56. The summed E-state index contributed by atoms with van der Waals surface area (Å²) in [4.78, 5) is 12.7. The Kier molecular flexibility index (Phi) is 3.59. The summed E-state index contributed by atoms with van der Waals surface area (Å²) in [5, 5.41) is 15.6. The van der Waals surface area contributed by atoms with Crippen molar-refractivity contribution >= 4 is 17.6 Å². The smallest absolute Gasteiger partial charge is 0.225 e. The first-order valence-corrected chi connectivity index (χ1v) is 6.68. The van der Waals surface area contributed by atoms with E-state index in [1.165, 1.54) is 0 Å². The van der Waals surface area contributed by atoms with Gasteiger partial charge < -0.3 is 15.5 Å². The van der Waals surface area contributed by atoms with Crippen LogP contribution in [0.1, 0.15) is 5.56 Å². The molecule has 0 unspecified atom stereocenters. The minimum atomic E-state index is 0.00808. The number of amidine groups is 1. The van der Waals surface area contributed by atoms with E-state index in [9.17, 15) is 0 Å². The number of nitrogens with two attached hydrogens (primary N) is 1. The number of rotatable bonds is 3. The summed E-state index contributed by atoms with van der Waals surface area (Å²) in [6, 6.07) is 3.52. The number of nitrogens with zero attached hydrogens (tertiary/aromatic N) is 6. The van der Waals surface area contributed by atoms with Gasteiger partial charge in [-0.25, -0.2) is 9.97 Å². The summed E-state index contributed by atoms with van der Waals surface area (Å²) in [5.74, 6) is 1.41. The van der Waals surface area contributed by atoms with Crippen LogP contribution in [0, 0.1) is 5.41 Å². The molecule has 1 aliphatic heterocycles. The third-order valence-corrected chi connectivity index (χ3v) is 3.41. The summed E-state index contributed by atoms with van der Waals surface area (Å²) in [6.07, 6.45) is 5.03. The fourth-order valence-corrected chi connectivity index (χ4v) is 2.34. The minimum absolute atomic E-state index is 0.00808. The van der Waals surface area contributed by atoms with Gasteiger partial charge in [0, 0.05) is 38.6 Å². The van der Waals surface area contributed by atoms with Crippen LogP contribution in [0.15, 0.2) is 30.7 Å². The Bertz CT molecular complexity index is 621. The monoisotopic (exact) mass is 284 g/mol. The van der Waals surface area contributed by atoms with Crippen LogP contribution in [0.2, 0.25) is 0 Å². The van der Waals surface area contributed by atoms with Crippen molar-refractivity contribution in [3.63, 3.8) is 0 Å². The molecule has 2 aromatic rings. The van der Waals surface area contributed by atoms with Gasteiger partial charge in [-0.3, -0.25) is 5.41 Å². The number of hydrogen-bond donors (Lipinski definition) is 2. The molecule has 1 saturated heterocycles. The standard InChI is InChI=1S/C13H16N8/c14-11(15)10-2-5-18-19-12(10)20-6-8-21(9-7-20)13-16-3-1-4-17-13/h1-5H,6-9H2,(H3,14,15). The van der Waals surface area contributed by atoms with Crippen molar-refractivity contribution in [2.75, 3.05) is 36.0 Å². The number of anilines is 2. The lowest BCUT2D eigenvalue weighted by Gasteiger charge is -2.35. The molecule has 3 N–H and O–H groups in total. The molecule has 0 atom stereocenters. The fourth-order valence-electron chi connectivity index (χ4n) is 2.34. The van der Waals surface area contributed by atoms with E-state index in [1.807, 2.05) is 0 Å². The number of piperazine rings is 1. The largest absolute Gasteiger partial charge is 0.384 e. The molecule has 0 saturated carbocycles. The number of aromatic nitrogens is 4. The van der Waals surface area contributed by atoms with Gasteiger partial charge in [0.25, 0.3) is 0 Å². The SMILES string of the molecule is N=C(N)c1ccnnc1N1CCN(c2ncccn2)CC1. The zero-order chi connectivity index (χ0) is 14.7. The van der Waals surface area contributed by atoms with Crippen molar-refractivity contribution in [3.8, 4) is 0 Å². The van der Waals surface area contributed by atoms with Crippen LogP contribution in [0.25, 0.3) is 0 Å². The highest BCUT2D eigenvalue weighted by molar-refractivity contribution is 5.99. The number of nitrogen functional groups attached to an aromatic ring is 1. The molecule has 0 spiro atoms. The normalized spacial score (nSPS) is 15.0. The van der Waals surface area contributed by atoms with Gasteiger partial charge >= 0.3 is 0 Å². The van der Waals surface area contributed by atoms with Crippen LogP contribution in [0.4, 0.5) is 11.8 Å². The van der Waals surface area contributed by atoms with E-state index >= 15 is 0 Å². The predicted octanol–water partition coefficient (Wildman–Crippen LogP) is -0.123. The van der Waals surface area contributed by atoms with Crippen LogP contribution in [0.3, 0.4) is 0 Å². The van der Waals surface area contributed by atoms with Gasteiger partial charge in [0.2, 0.25) is 5.95 Å². The van der Waals surface area contributed by atoms with Crippen LogP contribution in [0.5, 0.6) is 0 Å². The summed E-state index contributed by atoms with van der Waals surface area (Å²) in [5.41, 5.74) is 6.22. The molecule has 8 heteroatoms. The Balaban J connectivity index is 1.73. The predicted molar refractivity (Wildman–Crippen MR) is 79.5 cm³/mol. The summed E-state index contributed by atoms with van der Waals surface area (Å²) in [6.45, 7) is 3.10. The van der Waals surface area contributed by atoms with Gasteiger partial charge in [-0.05, 0) is 12.1 Å². The second-order valence-corrected chi connectivity index (χ2v) is 4.71. The molecule has 8 nitrogen and oxygen atoms in total. The van der Waals surface area contributed by atoms with Crippen molar-refractivity contribution in [2.24, 2.45) is 5.73 Å². The summed E-state index contributed by atoms with van der Waals surface area (Å²) >= 11 is 0.